The molecule has 1 aromatic carbocycles. The average molecular weight is 314 g/mol. The number of nitrogens with zero attached hydrogens (tertiary/aromatic N) is 1. The van der Waals surface area contributed by atoms with Gasteiger partial charge in [0.2, 0.25) is 5.91 Å². The van der Waals surface area contributed by atoms with Crippen molar-refractivity contribution in [2.24, 2.45) is 11.8 Å². The Bertz CT molecular complexity index is 644. The fourth-order valence-corrected chi connectivity index (χ4v) is 3.03. The normalized spacial score (nSPS) is 21.1. The van der Waals surface area contributed by atoms with Crippen LogP contribution in [0.4, 0.5) is 5.69 Å². The second kappa shape index (κ2) is 7.28. The van der Waals surface area contributed by atoms with Crippen LogP contribution in [0.2, 0.25) is 0 Å². The minimum atomic E-state index is -0.311. The summed E-state index contributed by atoms with van der Waals surface area (Å²) in [4.78, 5) is 24.5. The van der Waals surface area contributed by atoms with Crippen LogP contribution in [0.25, 0.3) is 0 Å². The Balaban J connectivity index is 2.08. The SMILES string of the molecule is CC1=C(C)CC(C(=O)Nc2ccc(SC#N)cc2)C(C=O)C1. The van der Waals surface area contributed by atoms with Gasteiger partial charge < -0.3 is 10.1 Å². The number of thiocyanates is 1. The molecule has 1 aliphatic rings. The topological polar surface area (TPSA) is 70.0 Å². The fraction of sp³-hybridized carbons (Fsp3) is 0.353. The maximum atomic E-state index is 12.4. The van der Waals surface area contributed by atoms with Crippen LogP contribution in [0.5, 0.6) is 0 Å². The molecule has 0 aromatic heterocycles. The molecule has 2 rings (SSSR count). The van der Waals surface area contributed by atoms with Crippen LogP contribution in [0, 0.1) is 22.5 Å². The lowest BCUT2D eigenvalue weighted by atomic mass is 9.77. The van der Waals surface area contributed by atoms with Crippen molar-refractivity contribution in [3.8, 4) is 5.40 Å². The molecular weight excluding hydrogens is 296 g/mol. The number of benzene rings is 1. The summed E-state index contributed by atoms with van der Waals surface area (Å²) in [6.07, 6.45) is 2.18. The molecule has 2 unspecified atom stereocenters. The molecule has 0 radical (unpaired) electrons. The molecule has 0 bridgehead atoms. The molecule has 1 amide bonds. The Morgan fingerprint density at radius 1 is 1.27 bits per heavy atom. The zero-order chi connectivity index (χ0) is 16.1. The van der Waals surface area contributed by atoms with E-state index in [0.717, 1.165) is 22.9 Å². The lowest BCUT2D eigenvalue weighted by molar-refractivity contribution is -0.125. The first-order valence-electron chi connectivity index (χ1n) is 7.12. The van der Waals surface area contributed by atoms with Gasteiger partial charge in [0.05, 0.1) is 5.92 Å². The van der Waals surface area contributed by atoms with Crippen molar-refractivity contribution < 1.29 is 9.59 Å². The molecule has 1 aromatic rings. The van der Waals surface area contributed by atoms with Gasteiger partial charge in [-0.25, -0.2) is 0 Å². The van der Waals surface area contributed by atoms with Crippen LogP contribution < -0.4 is 5.32 Å². The minimum Gasteiger partial charge on any atom is -0.326 e. The molecule has 0 spiro atoms. The second-order valence-corrected chi connectivity index (χ2v) is 6.44. The van der Waals surface area contributed by atoms with E-state index in [2.05, 4.69) is 5.32 Å². The van der Waals surface area contributed by atoms with E-state index in [4.69, 9.17) is 5.26 Å². The third-order valence-corrected chi connectivity index (χ3v) is 4.71. The number of thioether (sulfide) groups is 1. The van der Waals surface area contributed by atoms with Gasteiger partial charge in [-0.1, -0.05) is 11.1 Å². The van der Waals surface area contributed by atoms with Gasteiger partial charge in [-0.2, -0.15) is 5.26 Å². The summed E-state index contributed by atoms with van der Waals surface area (Å²) in [6, 6.07) is 7.11. The number of nitrogens with one attached hydrogen (secondary N) is 1. The standard InChI is InChI=1S/C17H18N2O2S/c1-11-7-13(9-20)16(8-12(11)2)17(21)19-14-3-5-15(6-4-14)22-10-18/h3-6,9,13,16H,7-8H2,1-2H3,(H,19,21). The lowest BCUT2D eigenvalue weighted by Crippen LogP contribution is -2.33. The number of allylic oxidation sites excluding steroid dienone is 2. The van der Waals surface area contributed by atoms with Crippen LogP contribution in [0.3, 0.4) is 0 Å². The number of rotatable bonds is 4. The van der Waals surface area contributed by atoms with Gasteiger partial charge in [0, 0.05) is 16.5 Å². The van der Waals surface area contributed by atoms with Crippen molar-refractivity contribution in [3.05, 3.63) is 35.4 Å². The zero-order valence-corrected chi connectivity index (χ0v) is 13.4. The third kappa shape index (κ3) is 3.77. The summed E-state index contributed by atoms with van der Waals surface area (Å²) in [6.45, 7) is 4.04. The van der Waals surface area contributed by atoms with E-state index in [1.165, 1.54) is 11.1 Å². The van der Waals surface area contributed by atoms with Gasteiger partial charge >= 0.3 is 0 Å². The predicted molar refractivity (Wildman–Crippen MR) is 87.2 cm³/mol. The van der Waals surface area contributed by atoms with E-state index in [0.29, 0.717) is 18.5 Å². The molecule has 0 saturated heterocycles. The fourth-order valence-electron chi connectivity index (χ4n) is 2.65. The van der Waals surface area contributed by atoms with Crippen molar-refractivity contribution in [3.63, 3.8) is 0 Å². The van der Waals surface area contributed by atoms with E-state index in [-0.39, 0.29) is 17.7 Å². The van der Waals surface area contributed by atoms with E-state index in [1.54, 1.807) is 24.3 Å². The van der Waals surface area contributed by atoms with E-state index >= 15 is 0 Å². The summed E-state index contributed by atoms with van der Waals surface area (Å²) in [5.41, 5.74) is 3.08. The zero-order valence-electron chi connectivity index (χ0n) is 12.6. The van der Waals surface area contributed by atoms with Crippen molar-refractivity contribution >= 4 is 29.6 Å². The number of aldehydes is 1. The summed E-state index contributed by atoms with van der Waals surface area (Å²) >= 11 is 1.08. The summed E-state index contributed by atoms with van der Waals surface area (Å²) in [7, 11) is 0. The van der Waals surface area contributed by atoms with E-state index < -0.39 is 0 Å². The van der Waals surface area contributed by atoms with Crippen LogP contribution in [0.15, 0.2) is 40.3 Å². The maximum absolute atomic E-state index is 12.4. The molecule has 5 heteroatoms. The largest absolute Gasteiger partial charge is 0.326 e. The number of amides is 1. The van der Waals surface area contributed by atoms with Crippen LogP contribution in [0.1, 0.15) is 26.7 Å². The van der Waals surface area contributed by atoms with E-state index in [9.17, 15) is 9.59 Å². The van der Waals surface area contributed by atoms with Crippen molar-refractivity contribution in [2.45, 2.75) is 31.6 Å². The highest BCUT2D eigenvalue weighted by Crippen LogP contribution is 2.33. The molecule has 1 N–H and O–H groups in total. The Morgan fingerprint density at radius 3 is 2.50 bits per heavy atom. The molecule has 0 fully saturated rings. The number of hydrogen-bond acceptors (Lipinski definition) is 4. The van der Waals surface area contributed by atoms with Gasteiger partial charge in [0.15, 0.2) is 0 Å². The third-order valence-electron chi connectivity index (χ3n) is 4.11. The van der Waals surface area contributed by atoms with Crippen LogP contribution in [-0.4, -0.2) is 12.2 Å². The lowest BCUT2D eigenvalue weighted by Gasteiger charge is -2.28. The Kier molecular flexibility index (Phi) is 5.40. The Labute approximate surface area is 134 Å². The molecule has 22 heavy (non-hydrogen) atoms. The van der Waals surface area contributed by atoms with Gasteiger partial charge in [0.25, 0.3) is 0 Å². The predicted octanol–water partition coefficient (Wildman–Crippen LogP) is 3.76. The molecular formula is C17H18N2O2S. The van der Waals surface area contributed by atoms with Crippen molar-refractivity contribution in [1.29, 1.82) is 5.26 Å². The van der Waals surface area contributed by atoms with Crippen LogP contribution >= 0.6 is 11.8 Å². The molecule has 4 nitrogen and oxygen atoms in total. The first-order valence-corrected chi connectivity index (χ1v) is 7.94. The minimum absolute atomic E-state index is 0.121. The molecule has 114 valence electrons. The molecule has 1 aliphatic carbocycles. The first-order chi connectivity index (χ1) is 10.5. The molecule has 0 heterocycles. The number of anilines is 1. The number of nitriles is 1. The smallest absolute Gasteiger partial charge is 0.228 e. The quantitative estimate of drug-likeness (QED) is 0.397. The molecule has 2 atom stereocenters. The molecule has 0 aliphatic heterocycles. The average Bonchev–Trinajstić information content (AvgIpc) is 2.51. The monoisotopic (exact) mass is 314 g/mol. The molecule has 0 saturated carbocycles. The highest BCUT2D eigenvalue weighted by atomic mass is 32.2. The van der Waals surface area contributed by atoms with Crippen molar-refractivity contribution in [1.82, 2.24) is 0 Å². The number of hydrogen-bond donors (Lipinski definition) is 1. The van der Waals surface area contributed by atoms with Gasteiger partial charge in [0.1, 0.15) is 11.7 Å². The summed E-state index contributed by atoms with van der Waals surface area (Å²) in [5.74, 6) is -0.684. The first kappa shape index (κ1) is 16.3. The van der Waals surface area contributed by atoms with Gasteiger partial charge in [-0.3, -0.25) is 4.79 Å². The summed E-state index contributed by atoms with van der Waals surface area (Å²) < 4.78 is 0. The van der Waals surface area contributed by atoms with Crippen LogP contribution in [-0.2, 0) is 9.59 Å². The summed E-state index contributed by atoms with van der Waals surface area (Å²) in [5, 5.41) is 13.5. The highest BCUT2D eigenvalue weighted by Gasteiger charge is 2.32. The van der Waals surface area contributed by atoms with E-state index in [1.807, 2.05) is 19.2 Å². The van der Waals surface area contributed by atoms with Gasteiger partial charge in [-0.15, -0.1) is 0 Å². The number of carbonyl (C=O) groups excluding carboxylic acids is 2. The second-order valence-electron chi connectivity index (χ2n) is 5.58. The highest BCUT2D eigenvalue weighted by molar-refractivity contribution is 8.03. The Hall–Kier alpha value is -2.06. The van der Waals surface area contributed by atoms with Crippen molar-refractivity contribution in [2.75, 3.05) is 5.32 Å². The van der Waals surface area contributed by atoms with Gasteiger partial charge in [-0.05, 0) is 62.7 Å². The number of carbonyl (C=O) groups is 2. The Morgan fingerprint density at radius 2 is 1.91 bits per heavy atom. The maximum Gasteiger partial charge on any atom is 0.228 e.